The molecule has 1 amide bonds. The van der Waals surface area contributed by atoms with Crippen molar-refractivity contribution in [2.75, 3.05) is 26.7 Å². The van der Waals surface area contributed by atoms with Crippen LogP contribution in [0.3, 0.4) is 0 Å². The normalized spacial score (nSPS) is 15.1. The summed E-state index contributed by atoms with van der Waals surface area (Å²) in [6, 6.07) is 5.87. The highest BCUT2D eigenvalue weighted by Crippen LogP contribution is 2.19. The number of likely N-dealkylation sites (N-methyl/N-ethyl adjacent to an activating group) is 1. The summed E-state index contributed by atoms with van der Waals surface area (Å²) in [4.78, 5) is 16.0. The van der Waals surface area contributed by atoms with Crippen LogP contribution in [0.2, 0.25) is 5.02 Å². The first-order valence-corrected chi connectivity index (χ1v) is 7.41. The average Bonchev–Trinajstić information content (AvgIpc) is 2.95. The zero-order chi connectivity index (χ0) is 14.5. The van der Waals surface area contributed by atoms with Crippen LogP contribution in [0, 0.1) is 0 Å². The van der Waals surface area contributed by atoms with E-state index in [9.17, 15) is 4.79 Å². The van der Waals surface area contributed by atoms with Gasteiger partial charge in [-0.3, -0.25) is 9.69 Å². The Morgan fingerprint density at radius 1 is 1.40 bits per heavy atom. The Kier molecular flexibility index (Phi) is 5.40. The van der Waals surface area contributed by atoms with Crippen LogP contribution >= 0.6 is 11.6 Å². The van der Waals surface area contributed by atoms with Gasteiger partial charge in [0, 0.05) is 31.2 Å². The standard InChI is InChI=1S/C15H22ClN3O/c1-18(11-15(20)19-6-2-3-7-19)10-13-5-4-12(9-17)8-14(13)16/h4-5,8H,2-3,6-7,9-11,17H2,1H3. The third kappa shape index (κ3) is 3.95. The molecule has 110 valence electrons. The van der Waals surface area contributed by atoms with Crippen molar-refractivity contribution in [1.82, 2.24) is 9.80 Å². The van der Waals surface area contributed by atoms with Crippen LogP contribution in [0.25, 0.3) is 0 Å². The number of halogens is 1. The maximum absolute atomic E-state index is 12.1. The molecule has 0 aromatic heterocycles. The Hall–Kier alpha value is -1.10. The van der Waals surface area contributed by atoms with Gasteiger partial charge in [0.1, 0.15) is 0 Å². The van der Waals surface area contributed by atoms with Gasteiger partial charge in [-0.05, 0) is 37.1 Å². The van der Waals surface area contributed by atoms with Crippen molar-refractivity contribution in [2.24, 2.45) is 5.73 Å². The van der Waals surface area contributed by atoms with Crippen molar-refractivity contribution < 1.29 is 4.79 Å². The van der Waals surface area contributed by atoms with Gasteiger partial charge in [-0.1, -0.05) is 23.7 Å². The van der Waals surface area contributed by atoms with Crippen LogP contribution in [-0.4, -0.2) is 42.4 Å². The molecule has 1 aromatic rings. The third-order valence-corrected chi connectivity index (χ3v) is 4.01. The number of carbonyl (C=O) groups is 1. The Balaban J connectivity index is 1.90. The largest absolute Gasteiger partial charge is 0.342 e. The fourth-order valence-corrected chi connectivity index (χ4v) is 2.75. The van der Waals surface area contributed by atoms with E-state index in [0.29, 0.717) is 24.7 Å². The number of nitrogens with zero attached hydrogens (tertiary/aromatic N) is 2. The number of hydrogen-bond acceptors (Lipinski definition) is 3. The summed E-state index contributed by atoms with van der Waals surface area (Å²) in [6.07, 6.45) is 2.25. The molecule has 1 aromatic carbocycles. The smallest absolute Gasteiger partial charge is 0.236 e. The average molecular weight is 296 g/mol. The molecule has 2 rings (SSSR count). The highest BCUT2D eigenvalue weighted by Gasteiger charge is 2.19. The summed E-state index contributed by atoms with van der Waals surface area (Å²) in [7, 11) is 1.95. The zero-order valence-corrected chi connectivity index (χ0v) is 12.7. The Labute approximate surface area is 125 Å². The molecule has 2 N–H and O–H groups in total. The number of carbonyl (C=O) groups excluding carboxylic acids is 1. The topological polar surface area (TPSA) is 49.6 Å². The summed E-state index contributed by atoms with van der Waals surface area (Å²) in [5.41, 5.74) is 7.64. The van der Waals surface area contributed by atoms with E-state index < -0.39 is 0 Å². The number of rotatable bonds is 5. The number of likely N-dealkylation sites (tertiary alicyclic amines) is 1. The van der Waals surface area contributed by atoms with Crippen molar-refractivity contribution in [2.45, 2.75) is 25.9 Å². The summed E-state index contributed by atoms with van der Waals surface area (Å²) in [5.74, 6) is 0.208. The fraction of sp³-hybridized carbons (Fsp3) is 0.533. The monoisotopic (exact) mass is 295 g/mol. The number of hydrogen-bond donors (Lipinski definition) is 1. The van der Waals surface area contributed by atoms with Crippen LogP contribution in [-0.2, 0) is 17.9 Å². The number of amides is 1. The quantitative estimate of drug-likeness (QED) is 0.902. The molecule has 0 spiro atoms. The third-order valence-electron chi connectivity index (χ3n) is 3.66. The second kappa shape index (κ2) is 7.07. The van der Waals surface area contributed by atoms with Crippen molar-refractivity contribution in [3.63, 3.8) is 0 Å². The van der Waals surface area contributed by atoms with Crippen molar-refractivity contribution >= 4 is 17.5 Å². The number of nitrogens with two attached hydrogens (primary N) is 1. The molecule has 1 fully saturated rings. The predicted molar refractivity (Wildman–Crippen MR) is 81.5 cm³/mol. The van der Waals surface area contributed by atoms with Crippen LogP contribution in [0.5, 0.6) is 0 Å². The minimum Gasteiger partial charge on any atom is -0.342 e. The molecule has 0 radical (unpaired) electrons. The summed E-state index contributed by atoms with van der Waals surface area (Å²) < 4.78 is 0. The zero-order valence-electron chi connectivity index (χ0n) is 11.9. The van der Waals surface area contributed by atoms with Gasteiger partial charge in [-0.25, -0.2) is 0 Å². The first-order chi connectivity index (χ1) is 9.60. The minimum atomic E-state index is 0.208. The van der Waals surface area contributed by atoms with Crippen molar-refractivity contribution in [3.05, 3.63) is 34.3 Å². The van der Waals surface area contributed by atoms with Crippen LogP contribution in [0.15, 0.2) is 18.2 Å². The summed E-state index contributed by atoms with van der Waals surface area (Å²) in [6.45, 7) is 3.40. The van der Waals surface area contributed by atoms with Gasteiger partial charge in [0.05, 0.1) is 6.54 Å². The first kappa shape index (κ1) is 15.3. The molecule has 20 heavy (non-hydrogen) atoms. The van der Waals surface area contributed by atoms with E-state index in [-0.39, 0.29) is 5.91 Å². The van der Waals surface area contributed by atoms with Crippen LogP contribution in [0.1, 0.15) is 24.0 Å². The lowest BCUT2D eigenvalue weighted by atomic mass is 10.1. The number of benzene rings is 1. The van der Waals surface area contributed by atoms with Gasteiger partial charge in [0.15, 0.2) is 0 Å². The van der Waals surface area contributed by atoms with Crippen LogP contribution < -0.4 is 5.73 Å². The maximum atomic E-state index is 12.1. The Bertz CT molecular complexity index is 472. The maximum Gasteiger partial charge on any atom is 0.236 e. The molecule has 1 heterocycles. The lowest BCUT2D eigenvalue weighted by Crippen LogP contribution is -2.37. The van der Waals surface area contributed by atoms with Gasteiger partial charge >= 0.3 is 0 Å². The van der Waals surface area contributed by atoms with Crippen LogP contribution in [0.4, 0.5) is 0 Å². The molecule has 1 saturated heterocycles. The lowest BCUT2D eigenvalue weighted by molar-refractivity contribution is -0.131. The molecule has 0 saturated carbocycles. The molecule has 1 aliphatic heterocycles. The van der Waals surface area contributed by atoms with Gasteiger partial charge in [0.2, 0.25) is 5.91 Å². The molecule has 1 aliphatic rings. The Morgan fingerprint density at radius 3 is 2.70 bits per heavy atom. The summed E-state index contributed by atoms with van der Waals surface area (Å²) >= 11 is 6.24. The summed E-state index contributed by atoms with van der Waals surface area (Å²) in [5, 5.41) is 0.716. The predicted octanol–water partition coefficient (Wildman–Crippen LogP) is 1.85. The molecule has 0 bridgehead atoms. The second-order valence-corrected chi connectivity index (χ2v) is 5.80. The molecule has 5 heteroatoms. The van der Waals surface area contributed by atoms with E-state index in [2.05, 4.69) is 0 Å². The minimum absolute atomic E-state index is 0.208. The van der Waals surface area contributed by atoms with E-state index >= 15 is 0 Å². The van der Waals surface area contributed by atoms with Gasteiger partial charge < -0.3 is 10.6 Å². The molecule has 4 nitrogen and oxygen atoms in total. The highest BCUT2D eigenvalue weighted by atomic mass is 35.5. The van der Waals surface area contributed by atoms with Crippen molar-refractivity contribution in [3.8, 4) is 0 Å². The van der Waals surface area contributed by atoms with Crippen molar-refractivity contribution in [1.29, 1.82) is 0 Å². The van der Waals surface area contributed by atoms with Gasteiger partial charge in [-0.15, -0.1) is 0 Å². The van der Waals surface area contributed by atoms with Gasteiger partial charge in [-0.2, -0.15) is 0 Å². The van der Waals surface area contributed by atoms with Gasteiger partial charge in [0.25, 0.3) is 0 Å². The van der Waals surface area contributed by atoms with E-state index in [1.54, 1.807) is 0 Å². The van der Waals surface area contributed by atoms with E-state index in [1.165, 1.54) is 0 Å². The van der Waals surface area contributed by atoms with E-state index in [1.807, 2.05) is 35.0 Å². The van der Waals surface area contributed by atoms with E-state index in [0.717, 1.165) is 37.1 Å². The molecule has 0 aliphatic carbocycles. The van der Waals surface area contributed by atoms with E-state index in [4.69, 9.17) is 17.3 Å². The molecule has 0 atom stereocenters. The lowest BCUT2D eigenvalue weighted by Gasteiger charge is -2.21. The Morgan fingerprint density at radius 2 is 2.10 bits per heavy atom. The highest BCUT2D eigenvalue weighted by molar-refractivity contribution is 6.31. The molecular formula is C15H22ClN3O. The molecular weight excluding hydrogens is 274 g/mol. The second-order valence-electron chi connectivity index (χ2n) is 5.39. The fourth-order valence-electron chi connectivity index (χ4n) is 2.49. The first-order valence-electron chi connectivity index (χ1n) is 7.04. The SMILES string of the molecule is CN(CC(=O)N1CCCC1)Cc1ccc(CN)cc1Cl. The molecule has 0 unspecified atom stereocenters.